The smallest absolute Gasteiger partial charge is 0.416 e. The number of esters is 1. The molecule has 0 radical (unpaired) electrons. The summed E-state index contributed by atoms with van der Waals surface area (Å²) in [7, 11) is 2.88. The van der Waals surface area contributed by atoms with Crippen LogP contribution in [0.3, 0.4) is 0 Å². The third kappa shape index (κ3) is 6.59. The Labute approximate surface area is 214 Å². The molecule has 1 aliphatic carbocycles. The van der Waals surface area contributed by atoms with Crippen LogP contribution >= 0.6 is 0 Å². The highest BCUT2D eigenvalue weighted by atomic mass is 19.4. The van der Waals surface area contributed by atoms with E-state index in [9.17, 15) is 35.9 Å². The lowest BCUT2D eigenvalue weighted by Gasteiger charge is -2.23. The van der Waals surface area contributed by atoms with Crippen molar-refractivity contribution < 1.29 is 50.1 Å². The van der Waals surface area contributed by atoms with Gasteiger partial charge in [-0.1, -0.05) is 18.2 Å². The average molecular weight is 545 g/mol. The van der Waals surface area contributed by atoms with Crippen LogP contribution in [0.1, 0.15) is 46.3 Å². The SMILES string of the molecule is CCOC(=O)[C@H](c1ccc(OC)c(OC)c1)[C@@H]1C=C[C@@H](NC(=O)c2cc(C(F)(F)F)cc(C(F)(F)F)c2)C1. The van der Waals surface area contributed by atoms with Gasteiger partial charge in [0.25, 0.3) is 5.91 Å². The number of carbonyl (C=O) groups excluding carboxylic acids is 2. The zero-order chi connectivity index (χ0) is 28.3. The Morgan fingerprint density at radius 1 is 0.921 bits per heavy atom. The summed E-state index contributed by atoms with van der Waals surface area (Å²) < 4.78 is 94.8. The van der Waals surface area contributed by atoms with Crippen molar-refractivity contribution in [2.75, 3.05) is 20.8 Å². The minimum atomic E-state index is -5.08. The third-order valence-electron chi connectivity index (χ3n) is 6.02. The minimum Gasteiger partial charge on any atom is -0.493 e. The summed E-state index contributed by atoms with van der Waals surface area (Å²) >= 11 is 0. The van der Waals surface area contributed by atoms with Crippen molar-refractivity contribution in [1.29, 1.82) is 0 Å². The van der Waals surface area contributed by atoms with Crippen molar-refractivity contribution in [2.45, 2.75) is 37.7 Å². The molecule has 2 aromatic rings. The van der Waals surface area contributed by atoms with Crippen LogP contribution in [0.15, 0.2) is 48.6 Å². The van der Waals surface area contributed by atoms with E-state index in [1.54, 1.807) is 31.2 Å². The van der Waals surface area contributed by atoms with E-state index in [1.165, 1.54) is 20.3 Å². The van der Waals surface area contributed by atoms with Crippen molar-refractivity contribution in [3.63, 3.8) is 0 Å². The first-order valence-electron chi connectivity index (χ1n) is 11.5. The van der Waals surface area contributed by atoms with Crippen LogP contribution in [0.5, 0.6) is 11.5 Å². The number of hydrogen-bond donors (Lipinski definition) is 1. The summed E-state index contributed by atoms with van der Waals surface area (Å²) in [6, 6.07) is 4.82. The molecule has 206 valence electrons. The Hall–Kier alpha value is -3.70. The van der Waals surface area contributed by atoms with Gasteiger partial charge in [0.05, 0.1) is 37.9 Å². The molecule has 0 aliphatic heterocycles. The number of halogens is 6. The largest absolute Gasteiger partial charge is 0.493 e. The molecule has 0 spiro atoms. The molecule has 3 atom stereocenters. The monoisotopic (exact) mass is 545 g/mol. The van der Waals surface area contributed by atoms with Crippen LogP contribution in [-0.2, 0) is 21.9 Å². The first-order valence-corrected chi connectivity index (χ1v) is 11.5. The van der Waals surface area contributed by atoms with Crippen molar-refractivity contribution in [3.05, 3.63) is 70.8 Å². The molecule has 0 saturated heterocycles. The van der Waals surface area contributed by atoms with E-state index < -0.39 is 58.8 Å². The van der Waals surface area contributed by atoms with Gasteiger partial charge in [0.2, 0.25) is 0 Å². The van der Waals surface area contributed by atoms with Crippen LogP contribution in [0.25, 0.3) is 0 Å². The second kappa shape index (κ2) is 11.4. The summed E-state index contributed by atoms with van der Waals surface area (Å²) in [5.74, 6) is -2.17. The molecule has 1 amide bonds. The molecule has 6 nitrogen and oxygen atoms in total. The van der Waals surface area contributed by atoms with Gasteiger partial charge in [-0.15, -0.1) is 0 Å². The molecule has 0 aromatic heterocycles. The van der Waals surface area contributed by atoms with Crippen molar-refractivity contribution in [3.8, 4) is 11.5 Å². The van der Waals surface area contributed by atoms with Crippen LogP contribution in [0.4, 0.5) is 26.3 Å². The van der Waals surface area contributed by atoms with E-state index in [4.69, 9.17) is 14.2 Å². The Morgan fingerprint density at radius 2 is 1.53 bits per heavy atom. The highest BCUT2D eigenvalue weighted by Crippen LogP contribution is 2.39. The first-order chi connectivity index (χ1) is 17.8. The number of ether oxygens (including phenoxy) is 3. The van der Waals surface area contributed by atoms with Gasteiger partial charge in [0.15, 0.2) is 11.5 Å². The Balaban J connectivity index is 1.84. The lowest BCUT2D eigenvalue weighted by molar-refractivity contribution is -0.146. The fraction of sp³-hybridized carbons (Fsp3) is 0.385. The fourth-order valence-electron chi connectivity index (χ4n) is 4.26. The van der Waals surface area contributed by atoms with Crippen molar-refractivity contribution in [2.24, 2.45) is 5.92 Å². The van der Waals surface area contributed by atoms with Gasteiger partial charge in [-0.25, -0.2) is 0 Å². The van der Waals surface area contributed by atoms with Crippen LogP contribution in [0, 0.1) is 5.92 Å². The number of rotatable bonds is 8. The predicted molar refractivity (Wildman–Crippen MR) is 124 cm³/mol. The van der Waals surface area contributed by atoms with E-state index in [0.717, 1.165) is 0 Å². The number of alkyl halides is 6. The lowest BCUT2D eigenvalue weighted by Crippen LogP contribution is -2.34. The minimum absolute atomic E-state index is 0.0463. The number of hydrogen-bond acceptors (Lipinski definition) is 5. The van der Waals surface area contributed by atoms with Gasteiger partial charge < -0.3 is 19.5 Å². The van der Waals surface area contributed by atoms with Gasteiger partial charge in [-0.3, -0.25) is 9.59 Å². The van der Waals surface area contributed by atoms with Gasteiger partial charge >= 0.3 is 18.3 Å². The van der Waals surface area contributed by atoms with E-state index in [-0.39, 0.29) is 19.1 Å². The molecule has 12 heteroatoms. The molecule has 0 unspecified atom stereocenters. The number of carbonyl (C=O) groups is 2. The molecule has 1 aliphatic rings. The summed E-state index contributed by atoms with van der Waals surface area (Å²) in [5.41, 5.74) is -3.43. The summed E-state index contributed by atoms with van der Waals surface area (Å²) in [4.78, 5) is 25.6. The molecule has 0 bridgehead atoms. The van der Waals surface area contributed by atoms with Crippen LogP contribution in [0.2, 0.25) is 0 Å². The van der Waals surface area contributed by atoms with Crippen LogP contribution in [-0.4, -0.2) is 38.7 Å². The average Bonchev–Trinajstić information content (AvgIpc) is 3.30. The zero-order valence-electron chi connectivity index (χ0n) is 20.6. The summed E-state index contributed by atoms with van der Waals surface area (Å²) in [5, 5.41) is 2.44. The molecule has 2 aromatic carbocycles. The maximum absolute atomic E-state index is 13.2. The topological polar surface area (TPSA) is 73.9 Å². The van der Waals surface area contributed by atoms with Gasteiger partial charge in [0, 0.05) is 11.6 Å². The molecule has 0 saturated carbocycles. The molecule has 38 heavy (non-hydrogen) atoms. The molecule has 3 rings (SSSR count). The molecular weight excluding hydrogens is 520 g/mol. The molecular formula is C26H25F6NO5. The number of nitrogens with one attached hydrogen (secondary N) is 1. The maximum Gasteiger partial charge on any atom is 0.416 e. The van der Waals surface area contributed by atoms with Crippen LogP contribution < -0.4 is 14.8 Å². The third-order valence-corrected chi connectivity index (χ3v) is 6.02. The predicted octanol–water partition coefficient (Wildman–Crippen LogP) is 5.76. The zero-order valence-corrected chi connectivity index (χ0v) is 20.6. The quantitative estimate of drug-likeness (QED) is 0.259. The van der Waals surface area contributed by atoms with E-state index in [0.29, 0.717) is 29.2 Å². The van der Waals surface area contributed by atoms with Gasteiger partial charge in [-0.2, -0.15) is 26.3 Å². The second-order valence-corrected chi connectivity index (χ2v) is 8.50. The summed E-state index contributed by atoms with van der Waals surface area (Å²) in [6.45, 7) is 1.75. The standard InChI is InChI=1S/C26H25F6NO5/c1-4-38-24(35)22(15-6-8-20(36-2)21(12-15)37-3)14-5-7-19(11-14)33-23(34)16-9-17(25(27,28)29)13-18(10-16)26(30,31)32/h5-10,12-14,19,22H,4,11H2,1-3H3,(H,33,34)/t14-,19-,22+/m1/s1. The van der Waals surface area contributed by atoms with Gasteiger partial charge in [-0.05, 0) is 55.2 Å². The number of benzene rings is 2. The fourth-order valence-corrected chi connectivity index (χ4v) is 4.26. The number of allylic oxidation sites excluding steroid dienone is 1. The highest BCUT2D eigenvalue weighted by molar-refractivity contribution is 5.95. The van der Waals surface area contributed by atoms with E-state index in [2.05, 4.69) is 5.32 Å². The highest BCUT2D eigenvalue weighted by Gasteiger charge is 2.38. The van der Waals surface area contributed by atoms with Gasteiger partial charge in [0.1, 0.15) is 0 Å². The second-order valence-electron chi connectivity index (χ2n) is 8.50. The number of methoxy groups -OCH3 is 2. The Kier molecular flexibility index (Phi) is 8.63. The van der Waals surface area contributed by atoms with Crippen molar-refractivity contribution in [1.82, 2.24) is 5.32 Å². The van der Waals surface area contributed by atoms with Crippen molar-refractivity contribution >= 4 is 11.9 Å². The first kappa shape index (κ1) is 28.9. The summed E-state index contributed by atoms with van der Waals surface area (Å²) in [6.07, 6.45) is -6.83. The maximum atomic E-state index is 13.2. The normalized spacial score (nSPS) is 18.1. The number of amides is 1. The molecule has 0 heterocycles. The van der Waals surface area contributed by atoms with E-state index in [1.807, 2.05) is 0 Å². The Morgan fingerprint density at radius 3 is 2.05 bits per heavy atom. The van der Waals surface area contributed by atoms with E-state index >= 15 is 0 Å². The Bertz CT molecular complexity index is 1180. The molecule has 1 N–H and O–H groups in total. The molecule has 0 fully saturated rings. The lowest BCUT2D eigenvalue weighted by atomic mass is 9.85.